The van der Waals surface area contributed by atoms with Crippen LogP contribution in [0.5, 0.6) is 0 Å². The molecule has 11 heteroatoms. The van der Waals surface area contributed by atoms with Crippen molar-refractivity contribution in [3.05, 3.63) is 83.9 Å². The Morgan fingerprint density at radius 3 is 1.98 bits per heavy atom. The Labute approximate surface area is 294 Å². The van der Waals surface area contributed by atoms with E-state index in [0.29, 0.717) is 12.2 Å². The molecule has 9 nitrogen and oxygen atoms in total. The van der Waals surface area contributed by atoms with Crippen LogP contribution in [-0.2, 0) is 43.9 Å². The van der Waals surface area contributed by atoms with Gasteiger partial charge in [-0.05, 0) is 66.1 Å². The van der Waals surface area contributed by atoms with E-state index in [1.165, 1.54) is 6.08 Å². The van der Waals surface area contributed by atoms with E-state index in [2.05, 4.69) is 67.7 Å². The van der Waals surface area contributed by atoms with E-state index in [-0.39, 0.29) is 35.5 Å². The molecule has 2 aromatic carbocycles. The monoisotopic (exact) mass is 712 g/mol. The van der Waals surface area contributed by atoms with Crippen molar-refractivity contribution in [3.8, 4) is 0 Å². The first-order chi connectivity index (χ1) is 22.9. The smallest absolute Gasteiger partial charge is 0.338 e. The highest BCUT2D eigenvalue weighted by molar-refractivity contribution is 6.74. The van der Waals surface area contributed by atoms with Crippen LogP contribution in [0.1, 0.15) is 63.9 Å². The minimum absolute atomic E-state index is 0.0232. The minimum atomic E-state index is -2.22. The zero-order valence-corrected chi connectivity index (χ0v) is 32.9. The molecule has 0 aromatic heterocycles. The van der Waals surface area contributed by atoms with E-state index in [1.807, 2.05) is 36.4 Å². The molecule has 0 bridgehead atoms. The lowest BCUT2D eigenvalue weighted by Gasteiger charge is -2.44. The molecule has 2 aromatic rings. The summed E-state index contributed by atoms with van der Waals surface area (Å²) in [6.45, 7) is 22.2. The van der Waals surface area contributed by atoms with E-state index in [4.69, 9.17) is 32.5 Å². The summed E-state index contributed by atoms with van der Waals surface area (Å²) in [4.78, 5) is 26.4. The van der Waals surface area contributed by atoms with Crippen molar-refractivity contribution in [2.75, 3.05) is 13.2 Å². The fourth-order valence-corrected chi connectivity index (χ4v) is 6.90. The summed E-state index contributed by atoms with van der Waals surface area (Å²) in [5.74, 6) is -0.679. The Kier molecular flexibility index (Phi) is 13.0. The molecule has 1 saturated heterocycles. The molecule has 2 aliphatic heterocycles. The highest BCUT2D eigenvalue weighted by Crippen LogP contribution is 2.39. The highest BCUT2D eigenvalue weighted by atomic mass is 28.4. The third-order valence-electron chi connectivity index (χ3n) is 10.2. The molecule has 49 heavy (non-hydrogen) atoms. The fraction of sp³-hybridized carbons (Fsp3) is 0.579. The molecule has 6 atom stereocenters. The highest BCUT2D eigenvalue weighted by Gasteiger charge is 2.47. The first kappa shape index (κ1) is 39.3. The number of benzene rings is 2. The van der Waals surface area contributed by atoms with E-state index in [0.717, 1.165) is 5.56 Å². The zero-order chi connectivity index (χ0) is 36.0. The van der Waals surface area contributed by atoms with Crippen LogP contribution < -0.4 is 0 Å². The van der Waals surface area contributed by atoms with Crippen molar-refractivity contribution in [2.24, 2.45) is 0 Å². The molecule has 0 radical (unpaired) electrons. The van der Waals surface area contributed by atoms with Gasteiger partial charge in [0.15, 0.2) is 41.1 Å². The second kappa shape index (κ2) is 16.2. The normalized spacial score (nSPS) is 25.3. The SMILES string of the molecule is CC(C)(C)[Si](C)(C)OC[C@@H]1O[C@H](O[C@@H]2C[C@@H](OCc3ccccc3)O[C@@H](CO[Si](C)(C)C(C)(C)C)[C@@H]2OC(=O)c2ccccc2)C=CC1=O. The number of hydrogen-bond donors (Lipinski definition) is 0. The number of ether oxygens (including phenoxy) is 5. The molecule has 0 unspecified atom stereocenters. The Hall–Kier alpha value is -2.49. The number of carbonyl (C=O) groups excluding carboxylic acids is 2. The Bertz CT molecular complexity index is 1400. The number of hydrogen-bond acceptors (Lipinski definition) is 9. The molecule has 270 valence electrons. The lowest BCUT2D eigenvalue weighted by atomic mass is 10.0. The quantitative estimate of drug-likeness (QED) is 0.152. The Morgan fingerprint density at radius 2 is 1.39 bits per heavy atom. The molecular formula is C38H56O9Si2. The van der Waals surface area contributed by atoms with Gasteiger partial charge >= 0.3 is 5.97 Å². The molecule has 4 rings (SSSR count). The molecule has 0 N–H and O–H groups in total. The van der Waals surface area contributed by atoms with Gasteiger partial charge in [-0.2, -0.15) is 0 Å². The van der Waals surface area contributed by atoms with Crippen LogP contribution in [0.3, 0.4) is 0 Å². The summed E-state index contributed by atoms with van der Waals surface area (Å²) < 4.78 is 44.8. The number of esters is 1. The standard InChI is InChI=1S/C38H56O9Si2/c1-37(2,3)48(7,8)42-25-31-29(39)21-22-33(45-31)44-30-23-34(41-24-27-17-13-11-14-18-27)46-32(26-43-49(9,10)38(4,5)6)35(30)47-36(40)28-19-15-12-16-20-28/h11-22,30-35H,23-26H2,1-10H3/t30-,31+,32+,33+,34+,35-/m1/s1. The predicted molar refractivity (Wildman–Crippen MR) is 194 cm³/mol. The van der Waals surface area contributed by atoms with Gasteiger partial charge in [-0.15, -0.1) is 0 Å². The first-order valence-corrected chi connectivity index (χ1v) is 23.1. The lowest BCUT2D eigenvalue weighted by Crippen LogP contribution is -2.56. The van der Waals surface area contributed by atoms with Crippen LogP contribution in [0, 0.1) is 0 Å². The molecule has 2 heterocycles. The van der Waals surface area contributed by atoms with Crippen LogP contribution in [0.4, 0.5) is 0 Å². The summed E-state index contributed by atoms with van der Waals surface area (Å²) in [6, 6.07) is 18.7. The van der Waals surface area contributed by atoms with Gasteiger partial charge in [0.2, 0.25) is 0 Å². The van der Waals surface area contributed by atoms with Crippen molar-refractivity contribution < 1.29 is 42.1 Å². The maximum atomic E-state index is 13.5. The van der Waals surface area contributed by atoms with Gasteiger partial charge in [-0.1, -0.05) is 90.1 Å². The maximum Gasteiger partial charge on any atom is 0.338 e. The predicted octanol–water partition coefficient (Wildman–Crippen LogP) is 7.82. The topological polar surface area (TPSA) is 98.8 Å². The summed E-state index contributed by atoms with van der Waals surface area (Å²) >= 11 is 0. The van der Waals surface area contributed by atoms with Crippen molar-refractivity contribution in [3.63, 3.8) is 0 Å². The van der Waals surface area contributed by atoms with Gasteiger partial charge < -0.3 is 32.5 Å². The van der Waals surface area contributed by atoms with Crippen molar-refractivity contribution in [2.45, 2.75) is 128 Å². The average molecular weight is 713 g/mol. The van der Waals surface area contributed by atoms with E-state index < -0.39 is 59.6 Å². The second-order valence-corrected chi connectivity index (χ2v) is 25.6. The van der Waals surface area contributed by atoms with Crippen LogP contribution in [-0.4, -0.2) is 78.6 Å². The molecule has 1 fully saturated rings. The lowest BCUT2D eigenvalue weighted by molar-refractivity contribution is -0.286. The van der Waals surface area contributed by atoms with Gasteiger partial charge in [0, 0.05) is 6.42 Å². The molecule has 0 spiro atoms. The van der Waals surface area contributed by atoms with Gasteiger partial charge in [0.05, 0.1) is 25.4 Å². The van der Waals surface area contributed by atoms with Crippen LogP contribution in [0.25, 0.3) is 0 Å². The third kappa shape index (κ3) is 10.8. The van der Waals surface area contributed by atoms with Crippen molar-refractivity contribution in [1.29, 1.82) is 0 Å². The van der Waals surface area contributed by atoms with Crippen molar-refractivity contribution in [1.82, 2.24) is 0 Å². The fourth-order valence-electron chi connectivity index (χ4n) is 4.88. The summed E-state index contributed by atoms with van der Waals surface area (Å²) in [5.41, 5.74) is 1.41. The number of ketones is 1. The third-order valence-corrected chi connectivity index (χ3v) is 19.2. The summed E-state index contributed by atoms with van der Waals surface area (Å²) in [6.07, 6.45) is -1.32. The molecule has 0 amide bonds. The van der Waals surface area contributed by atoms with E-state index in [9.17, 15) is 9.59 Å². The van der Waals surface area contributed by atoms with Gasteiger partial charge in [-0.25, -0.2) is 4.79 Å². The number of rotatable bonds is 13. The molecular weight excluding hydrogens is 657 g/mol. The minimum Gasteiger partial charge on any atom is -0.453 e. The molecule has 0 aliphatic carbocycles. The van der Waals surface area contributed by atoms with E-state index >= 15 is 0 Å². The van der Waals surface area contributed by atoms with Crippen LogP contribution in [0.15, 0.2) is 72.8 Å². The molecule has 2 aliphatic rings. The summed E-state index contributed by atoms with van der Waals surface area (Å²) in [5, 5.41) is -0.0730. The second-order valence-electron chi connectivity index (χ2n) is 15.9. The zero-order valence-electron chi connectivity index (χ0n) is 30.9. The van der Waals surface area contributed by atoms with Crippen LogP contribution in [0.2, 0.25) is 36.3 Å². The Morgan fingerprint density at radius 1 is 0.816 bits per heavy atom. The molecule has 0 saturated carbocycles. The number of carbonyl (C=O) groups is 2. The first-order valence-electron chi connectivity index (χ1n) is 17.2. The summed E-state index contributed by atoms with van der Waals surface area (Å²) in [7, 11) is -4.36. The average Bonchev–Trinajstić information content (AvgIpc) is 3.04. The largest absolute Gasteiger partial charge is 0.453 e. The Balaban J connectivity index is 1.59. The van der Waals surface area contributed by atoms with E-state index in [1.54, 1.807) is 30.3 Å². The van der Waals surface area contributed by atoms with Gasteiger partial charge in [0.25, 0.3) is 0 Å². The van der Waals surface area contributed by atoms with Gasteiger partial charge in [0.1, 0.15) is 18.3 Å². The van der Waals surface area contributed by atoms with Crippen molar-refractivity contribution >= 4 is 28.4 Å². The van der Waals surface area contributed by atoms with Gasteiger partial charge in [-0.3, -0.25) is 4.79 Å². The van der Waals surface area contributed by atoms with Crippen LogP contribution >= 0.6 is 0 Å². The maximum absolute atomic E-state index is 13.5.